The van der Waals surface area contributed by atoms with Crippen LogP contribution in [-0.4, -0.2) is 22.6 Å². The number of aromatic nitrogens is 1. The Morgan fingerprint density at radius 2 is 2.26 bits per heavy atom. The molecule has 0 unspecified atom stereocenters. The van der Waals surface area contributed by atoms with E-state index in [1.54, 1.807) is 18.3 Å². The zero-order valence-corrected chi connectivity index (χ0v) is 15.8. The molecule has 1 amide bonds. The second-order valence-electron chi connectivity index (χ2n) is 5.09. The van der Waals surface area contributed by atoms with Gasteiger partial charge in [-0.25, -0.2) is 4.98 Å². The van der Waals surface area contributed by atoms with E-state index in [-0.39, 0.29) is 11.0 Å². The van der Waals surface area contributed by atoms with Crippen LogP contribution in [-0.2, 0) is 0 Å². The predicted octanol–water partition coefficient (Wildman–Crippen LogP) is 4.07. The number of hydrogen-bond donors (Lipinski definition) is 2. The van der Waals surface area contributed by atoms with Gasteiger partial charge in [0.25, 0.3) is 5.91 Å². The smallest absolute Gasteiger partial charge is 0.261 e. The highest BCUT2D eigenvalue weighted by atomic mass is 79.9. The molecule has 0 aliphatic heterocycles. The largest absolute Gasteiger partial charge is 0.492 e. The third-order valence-corrected chi connectivity index (χ3v) is 4.02. The Balaban J connectivity index is 2.08. The highest BCUT2D eigenvalue weighted by molar-refractivity contribution is 9.10. The average molecular weight is 414 g/mol. The van der Waals surface area contributed by atoms with Crippen molar-refractivity contribution in [3.8, 4) is 5.75 Å². The number of nitrogens with zero attached hydrogens (tertiary/aromatic N) is 1. The van der Waals surface area contributed by atoms with Gasteiger partial charge in [0.15, 0.2) is 10.2 Å². The molecule has 1 aromatic heterocycles. The number of carbonyl (C=O) groups excluding carboxylic acids is 1. The van der Waals surface area contributed by atoms with Crippen LogP contribution in [0.5, 0.6) is 5.75 Å². The molecule has 0 fully saturated rings. The van der Waals surface area contributed by atoms with Gasteiger partial charge >= 0.3 is 0 Å². The van der Waals surface area contributed by atoms with Crippen LogP contribution >= 0.6 is 39.5 Å². The van der Waals surface area contributed by atoms with Crippen molar-refractivity contribution in [2.75, 3.05) is 11.9 Å². The van der Waals surface area contributed by atoms with Crippen LogP contribution in [0.25, 0.3) is 0 Å². The highest BCUT2D eigenvalue weighted by Gasteiger charge is 2.15. The Hall–Kier alpha value is -1.51. The molecule has 0 aliphatic carbocycles. The Kier molecular flexibility index (Phi) is 6.49. The zero-order chi connectivity index (χ0) is 16.8. The van der Waals surface area contributed by atoms with Gasteiger partial charge in [-0.3, -0.25) is 10.1 Å². The first kappa shape index (κ1) is 17.8. The summed E-state index contributed by atoms with van der Waals surface area (Å²) in [6.07, 6.45) is 1.66. The van der Waals surface area contributed by atoms with Crippen LogP contribution in [0.1, 0.15) is 24.2 Å². The number of hydrogen-bond acceptors (Lipinski definition) is 5. The number of carbonyl (C=O) groups is 1. The normalized spacial score (nSPS) is 10.4. The number of ether oxygens (including phenoxy) is 1. The first-order valence-electron chi connectivity index (χ1n) is 6.90. The molecule has 0 saturated heterocycles. The van der Waals surface area contributed by atoms with Gasteiger partial charge < -0.3 is 10.1 Å². The summed E-state index contributed by atoms with van der Waals surface area (Å²) in [4.78, 5) is 16.5. The molecule has 2 N–H and O–H groups in total. The van der Waals surface area contributed by atoms with Crippen LogP contribution in [0.15, 0.2) is 34.2 Å². The first-order chi connectivity index (χ1) is 11.0. The second-order valence-corrected chi connectivity index (χ2v) is 7.31. The fraction of sp³-hybridized carbons (Fsp3) is 0.267. The highest BCUT2D eigenvalue weighted by Crippen LogP contribution is 2.24. The van der Waals surface area contributed by atoms with E-state index in [9.17, 15) is 4.79 Å². The van der Waals surface area contributed by atoms with E-state index in [0.29, 0.717) is 29.0 Å². The first-order valence-corrected chi connectivity index (χ1v) is 8.98. The topological polar surface area (TPSA) is 63.2 Å². The maximum absolute atomic E-state index is 12.4. The zero-order valence-electron chi connectivity index (χ0n) is 12.6. The van der Waals surface area contributed by atoms with Gasteiger partial charge in [-0.1, -0.05) is 29.8 Å². The molecule has 2 rings (SSSR count). The lowest BCUT2D eigenvalue weighted by atomic mass is 10.2. The molecule has 0 radical (unpaired) electrons. The molecule has 122 valence electrons. The predicted molar refractivity (Wildman–Crippen MR) is 100 cm³/mol. The van der Waals surface area contributed by atoms with Gasteiger partial charge in [-0.2, -0.15) is 0 Å². The molecular weight excluding hydrogens is 398 g/mol. The van der Waals surface area contributed by atoms with Crippen LogP contribution in [0, 0.1) is 5.92 Å². The van der Waals surface area contributed by atoms with Gasteiger partial charge in [0.2, 0.25) is 0 Å². The Morgan fingerprint density at radius 1 is 1.48 bits per heavy atom. The van der Waals surface area contributed by atoms with E-state index >= 15 is 0 Å². The number of thiazole rings is 1. The van der Waals surface area contributed by atoms with E-state index in [2.05, 4.69) is 31.5 Å². The number of thiocarbonyl (C=S) groups is 1. The van der Waals surface area contributed by atoms with Crippen molar-refractivity contribution in [3.05, 3.63) is 39.8 Å². The number of benzene rings is 1. The number of rotatable bonds is 5. The van der Waals surface area contributed by atoms with E-state index in [0.717, 1.165) is 4.47 Å². The minimum atomic E-state index is -0.334. The van der Waals surface area contributed by atoms with Crippen LogP contribution < -0.4 is 15.4 Å². The summed E-state index contributed by atoms with van der Waals surface area (Å²) in [5, 5.41) is 8.14. The molecule has 0 aliphatic rings. The summed E-state index contributed by atoms with van der Waals surface area (Å²) < 4.78 is 6.50. The maximum Gasteiger partial charge on any atom is 0.261 e. The number of amides is 1. The van der Waals surface area contributed by atoms with Crippen molar-refractivity contribution in [1.29, 1.82) is 0 Å². The minimum absolute atomic E-state index is 0.194. The minimum Gasteiger partial charge on any atom is -0.492 e. The molecule has 23 heavy (non-hydrogen) atoms. The average Bonchev–Trinajstić information content (AvgIpc) is 2.98. The van der Waals surface area contributed by atoms with Crippen molar-refractivity contribution < 1.29 is 9.53 Å². The summed E-state index contributed by atoms with van der Waals surface area (Å²) in [5.74, 6) is 0.553. The van der Waals surface area contributed by atoms with E-state index in [4.69, 9.17) is 17.0 Å². The molecule has 8 heteroatoms. The third-order valence-electron chi connectivity index (χ3n) is 2.64. The molecule has 2 aromatic rings. The molecule has 0 spiro atoms. The van der Waals surface area contributed by atoms with Gasteiger partial charge in [-0.15, -0.1) is 11.3 Å². The summed E-state index contributed by atoms with van der Waals surface area (Å²) in [7, 11) is 0. The lowest BCUT2D eigenvalue weighted by Crippen LogP contribution is -2.34. The molecule has 1 aromatic carbocycles. The lowest BCUT2D eigenvalue weighted by Gasteiger charge is -2.14. The van der Waals surface area contributed by atoms with Crippen molar-refractivity contribution in [2.45, 2.75) is 13.8 Å². The van der Waals surface area contributed by atoms with Crippen LogP contribution in [0.4, 0.5) is 5.13 Å². The van der Waals surface area contributed by atoms with Crippen molar-refractivity contribution in [3.63, 3.8) is 0 Å². The maximum atomic E-state index is 12.4. The number of anilines is 1. The van der Waals surface area contributed by atoms with Crippen LogP contribution in [0.3, 0.4) is 0 Å². The third kappa shape index (κ3) is 5.56. The summed E-state index contributed by atoms with van der Waals surface area (Å²) in [6, 6.07) is 5.30. The number of nitrogens with one attached hydrogen (secondary N) is 2. The van der Waals surface area contributed by atoms with Crippen molar-refractivity contribution >= 4 is 55.6 Å². The molecule has 0 bridgehead atoms. The fourth-order valence-electron chi connectivity index (χ4n) is 1.65. The van der Waals surface area contributed by atoms with Gasteiger partial charge in [0, 0.05) is 16.0 Å². The molecular formula is C15H16BrN3O2S2. The Morgan fingerprint density at radius 3 is 2.91 bits per heavy atom. The summed E-state index contributed by atoms with van der Waals surface area (Å²) >= 11 is 9.90. The van der Waals surface area contributed by atoms with Crippen molar-refractivity contribution in [1.82, 2.24) is 10.3 Å². The van der Waals surface area contributed by atoms with Gasteiger partial charge in [-0.05, 0) is 36.3 Å². The SMILES string of the molecule is CC(C)COc1ccc(Br)cc1C(=O)NC(=S)Nc1nccs1. The molecule has 0 saturated carbocycles. The Labute approximate surface area is 152 Å². The molecule has 5 nitrogen and oxygen atoms in total. The van der Waals surface area contributed by atoms with Gasteiger partial charge in [0.1, 0.15) is 5.75 Å². The van der Waals surface area contributed by atoms with E-state index < -0.39 is 0 Å². The van der Waals surface area contributed by atoms with E-state index in [1.807, 2.05) is 25.3 Å². The standard InChI is InChI=1S/C15H16BrN3O2S2/c1-9(2)8-21-12-4-3-10(16)7-11(12)13(20)18-14(22)19-15-17-5-6-23-15/h3-7,9H,8H2,1-2H3,(H2,17,18,19,20,22). The monoisotopic (exact) mass is 413 g/mol. The van der Waals surface area contributed by atoms with E-state index in [1.165, 1.54) is 11.3 Å². The van der Waals surface area contributed by atoms with Gasteiger partial charge in [0.05, 0.1) is 12.2 Å². The summed E-state index contributed by atoms with van der Waals surface area (Å²) in [6.45, 7) is 4.63. The van der Waals surface area contributed by atoms with Crippen LogP contribution in [0.2, 0.25) is 0 Å². The van der Waals surface area contributed by atoms with Crippen molar-refractivity contribution in [2.24, 2.45) is 5.92 Å². The fourth-order valence-corrected chi connectivity index (χ4v) is 2.79. The summed E-state index contributed by atoms with van der Waals surface area (Å²) in [5.41, 5.74) is 0.420. The molecule has 1 heterocycles. The quantitative estimate of drug-likeness (QED) is 0.723. The Bertz CT molecular complexity index is 690. The second kappa shape index (κ2) is 8.37. The molecule has 0 atom stereocenters. The number of halogens is 1. The lowest BCUT2D eigenvalue weighted by molar-refractivity contribution is 0.0973.